The Labute approximate surface area is 184 Å². The van der Waals surface area contributed by atoms with Gasteiger partial charge in [0.1, 0.15) is 11.6 Å². The summed E-state index contributed by atoms with van der Waals surface area (Å²) in [4.78, 5) is 22.6. The van der Waals surface area contributed by atoms with Crippen LogP contribution in [0.3, 0.4) is 0 Å². The van der Waals surface area contributed by atoms with Gasteiger partial charge in [0.25, 0.3) is 0 Å². The van der Waals surface area contributed by atoms with Gasteiger partial charge < -0.3 is 4.74 Å². The molecule has 2 heterocycles. The van der Waals surface area contributed by atoms with E-state index in [1.54, 1.807) is 12.4 Å². The summed E-state index contributed by atoms with van der Waals surface area (Å²) in [5.41, 5.74) is 4.93. The van der Waals surface area contributed by atoms with Gasteiger partial charge in [-0.3, -0.25) is 9.78 Å². The standard InChI is InChI=1S/C25H30N2O2S/c1-6-8-20(24(28)29-7-2)22-16-26-15-19(27-22)10-9-18-14-21-23(13-17(18)3)30-12-11-25(21,4)5/h13-16,20H,6-8,11-12H2,1-5H3. The van der Waals surface area contributed by atoms with E-state index in [1.807, 2.05) is 25.6 Å². The SMILES string of the molecule is CCCC(C(=O)OCC)c1cncc(C#Cc2cc3c(cc2C)SCCC3(C)C)n1. The maximum Gasteiger partial charge on any atom is 0.315 e. The van der Waals surface area contributed by atoms with Crippen molar-refractivity contribution in [1.29, 1.82) is 0 Å². The third-order valence-electron chi connectivity index (χ3n) is 5.52. The minimum absolute atomic E-state index is 0.164. The van der Waals surface area contributed by atoms with Crippen molar-refractivity contribution >= 4 is 17.7 Å². The summed E-state index contributed by atoms with van der Waals surface area (Å²) in [6.07, 6.45) is 6.01. The Morgan fingerprint density at radius 1 is 1.27 bits per heavy atom. The number of fused-ring (bicyclic) bond motifs is 1. The van der Waals surface area contributed by atoms with Gasteiger partial charge in [-0.15, -0.1) is 11.8 Å². The molecule has 0 N–H and O–H groups in total. The molecule has 0 aliphatic carbocycles. The van der Waals surface area contributed by atoms with Gasteiger partial charge in [-0.05, 0) is 67.0 Å². The van der Waals surface area contributed by atoms with E-state index in [0.29, 0.717) is 24.4 Å². The number of aryl methyl sites for hydroxylation is 1. The lowest BCUT2D eigenvalue weighted by Crippen LogP contribution is -2.23. The molecule has 0 bridgehead atoms. The quantitative estimate of drug-likeness (QED) is 0.477. The lowest BCUT2D eigenvalue weighted by atomic mass is 9.80. The maximum atomic E-state index is 12.3. The molecule has 1 atom stereocenters. The van der Waals surface area contributed by atoms with Gasteiger partial charge in [0, 0.05) is 16.7 Å². The molecular weight excluding hydrogens is 392 g/mol. The van der Waals surface area contributed by atoms with Crippen molar-refractivity contribution in [2.75, 3.05) is 12.4 Å². The van der Waals surface area contributed by atoms with Gasteiger partial charge in [-0.1, -0.05) is 33.1 Å². The molecule has 158 valence electrons. The van der Waals surface area contributed by atoms with Crippen LogP contribution in [0.2, 0.25) is 0 Å². The minimum atomic E-state index is -0.396. The zero-order valence-corrected chi connectivity index (χ0v) is 19.4. The van der Waals surface area contributed by atoms with Crippen molar-refractivity contribution in [2.45, 2.75) is 70.1 Å². The Bertz CT molecular complexity index is 988. The van der Waals surface area contributed by atoms with Gasteiger partial charge in [-0.2, -0.15) is 0 Å². The van der Waals surface area contributed by atoms with Crippen LogP contribution in [0.4, 0.5) is 0 Å². The van der Waals surface area contributed by atoms with E-state index in [4.69, 9.17) is 4.74 Å². The van der Waals surface area contributed by atoms with Crippen molar-refractivity contribution in [3.63, 3.8) is 0 Å². The molecule has 0 fully saturated rings. The van der Waals surface area contributed by atoms with E-state index in [2.05, 4.69) is 54.7 Å². The fourth-order valence-corrected chi connectivity index (χ4v) is 5.26. The number of hydrogen-bond donors (Lipinski definition) is 0. The minimum Gasteiger partial charge on any atom is -0.465 e. The van der Waals surface area contributed by atoms with E-state index in [1.165, 1.54) is 22.4 Å². The molecule has 0 saturated heterocycles. The zero-order valence-electron chi connectivity index (χ0n) is 18.5. The third kappa shape index (κ3) is 5.05. The van der Waals surface area contributed by atoms with Crippen molar-refractivity contribution in [3.8, 4) is 11.8 Å². The third-order valence-corrected chi connectivity index (χ3v) is 6.58. The molecule has 2 aromatic rings. The van der Waals surface area contributed by atoms with Crippen LogP contribution in [0.15, 0.2) is 29.4 Å². The van der Waals surface area contributed by atoms with E-state index >= 15 is 0 Å². The average Bonchev–Trinajstić information content (AvgIpc) is 2.71. The lowest BCUT2D eigenvalue weighted by Gasteiger charge is -2.32. The Balaban J connectivity index is 1.92. The van der Waals surface area contributed by atoms with Gasteiger partial charge >= 0.3 is 5.97 Å². The van der Waals surface area contributed by atoms with Gasteiger partial charge in [0.15, 0.2) is 0 Å². The number of thioether (sulfide) groups is 1. The Hall–Kier alpha value is -2.32. The maximum absolute atomic E-state index is 12.3. The highest BCUT2D eigenvalue weighted by molar-refractivity contribution is 7.99. The van der Waals surface area contributed by atoms with Crippen LogP contribution in [-0.4, -0.2) is 28.3 Å². The smallest absolute Gasteiger partial charge is 0.315 e. The topological polar surface area (TPSA) is 52.1 Å². The van der Waals surface area contributed by atoms with Crippen LogP contribution in [0.5, 0.6) is 0 Å². The number of hydrogen-bond acceptors (Lipinski definition) is 5. The number of ether oxygens (including phenoxy) is 1. The predicted octanol–water partition coefficient (Wildman–Crippen LogP) is 5.41. The number of carbonyl (C=O) groups excluding carboxylic acids is 1. The van der Waals surface area contributed by atoms with Crippen molar-refractivity contribution < 1.29 is 9.53 Å². The lowest BCUT2D eigenvalue weighted by molar-refractivity contribution is -0.145. The first-order valence-corrected chi connectivity index (χ1v) is 11.6. The normalized spacial score (nSPS) is 15.5. The first kappa shape index (κ1) is 22.4. The number of carbonyl (C=O) groups is 1. The second kappa shape index (κ2) is 9.66. The molecule has 1 aromatic carbocycles. The summed E-state index contributed by atoms with van der Waals surface area (Å²) in [5.74, 6) is 6.97. The molecule has 0 amide bonds. The highest BCUT2D eigenvalue weighted by Gasteiger charge is 2.28. The van der Waals surface area contributed by atoms with Crippen molar-refractivity contribution in [2.24, 2.45) is 0 Å². The summed E-state index contributed by atoms with van der Waals surface area (Å²) in [7, 11) is 0. The molecule has 0 spiro atoms. The summed E-state index contributed by atoms with van der Waals surface area (Å²) >= 11 is 1.93. The average molecular weight is 423 g/mol. The molecule has 3 rings (SSSR count). The summed E-state index contributed by atoms with van der Waals surface area (Å²) in [6.45, 7) is 10.9. The Kier molecular flexibility index (Phi) is 7.20. The Morgan fingerprint density at radius 3 is 2.80 bits per heavy atom. The second-order valence-corrected chi connectivity index (χ2v) is 9.45. The van der Waals surface area contributed by atoms with Crippen molar-refractivity contribution in [3.05, 3.63) is 52.6 Å². The van der Waals surface area contributed by atoms with E-state index in [0.717, 1.165) is 17.7 Å². The van der Waals surface area contributed by atoms with Crippen LogP contribution in [0.1, 0.15) is 81.0 Å². The fourth-order valence-electron chi connectivity index (χ4n) is 3.67. The predicted molar refractivity (Wildman–Crippen MR) is 122 cm³/mol. The summed E-state index contributed by atoms with van der Waals surface area (Å²) < 4.78 is 5.22. The van der Waals surface area contributed by atoms with Crippen LogP contribution in [0.25, 0.3) is 0 Å². The largest absolute Gasteiger partial charge is 0.465 e. The van der Waals surface area contributed by atoms with Gasteiger partial charge in [0.05, 0.1) is 18.5 Å². The molecule has 0 radical (unpaired) electrons. The first-order valence-electron chi connectivity index (χ1n) is 10.6. The molecule has 0 saturated carbocycles. The second-order valence-electron chi connectivity index (χ2n) is 8.32. The molecule has 1 aliphatic rings. The number of benzene rings is 1. The summed E-state index contributed by atoms with van der Waals surface area (Å²) in [5, 5.41) is 0. The van der Waals surface area contributed by atoms with Gasteiger partial charge in [0.2, 0.25) is 0 Å². The number of esters is 1. The van der Waals surface area contributed by atoms with E-state index < -0.39 is 5.92 Å². The number of rotatable bonds is 5. The molecule has 30 heavy (non-hydrogen) atoms. The van der Waals surface area contributed by atoms with E-state index in [-0.39, 0.29) is 11.4 Å². The zero-order chi connectivity index (χ0) is 21.7. The Morgan fingerprint density at radius 2 is 2.07 bits per heavy atom. The van der Waals surface area contributed by atoms with E-state index in [9.17, 15) is 4.79 Å². The van der Waals surface area contributed by atoms with Crippen LogP contribution in [0, 0.1) is 18.8 Å². The van der Waals surface area contributed by atoms with Crippen LogP contribution in [-0.2, 0) is 14.9 Å². The molecule has 1 unspecified atom stereocenters. The number of aromatic nitrogens is 2. The molecule has 1 aromatic heterocycles. The summed E-state index contributed by atoms with van der Waals surface area (Å²) in [6, 6.07) is 4.49. The van der Waals surface area contributed by atoms with Gasteiger partial charge in [-0.25, -0.2) is 4.98 Å². The fraction of sp³-hybridized carbons (Fsp3) is 0.480. The monoisotopic (exact) mass is 422 g/mol. The molecule has 1 aliphatic heterocycles. The first-order chi connectivity index (χ1) is 14.4. The van der Waals surface area contributed by atoms with Crippen molar-refractivity contribution in [1.82, 2.24) is 9.97 Å². The molecular formula is C25H30N2O2S. The van der Waals surface area contributed by atoms with Crippen LogP contribution < -0.4 is 0 Å². The highest BCUT2D eigenvalue weighted by atomic mass is 32.2. The highest BCUT2D eigenvalue weighted by Crippen LogP contribution is 2.42. The molecule has 5 heteroatoms. The number of nitrogens with zero attached hydrogens (tertiary/aromatic N) is 2. The van der Waals surface area contributed by atoms with Crippen LogP contribution >= 0.6 is 11.8 Å². The molecule has 4 nitrogen and oxygen atoms in total.